The van der Waals surface area contributed by atoms with E-state index in [1.54, 1.807) is 18.3 Å². The van der Waals surface area contributed by atoms with Crippen LogP contribution in [0.4, 0.5) is 0 Å². The van der Waals surface area contributed by atoms with Gasteiger partial charge in [0.25, 0.3) is 5.91 Å². The highest BCUT2D eigenvalue weighted by Crippen LogP contribution is 2.34. The fraction of sp³-hybridized carbons (Fsp3) is 0.105. The van der Waals surface area contributed by atoms with Crippen LogP contribution < -0.4 is 14.9 Å². The Balaban J connectivity index is 1.13. The van der Waals surface area contributed by atoms with Crippen molar-refractivity contribution in [3.8, 4) is 28.4 Å². The summed E-state index contributed by atoms with van der Waals surface area (Å²) in [5.74, 6) is 0.911. The number of aromatic nitrogens is 1. The monoisotopic (exact) mass is 657 g/mol. The fourth-order valence-electron chi connectivity index (χ4n) is 5.22. The van der Waals surface area contributed by atoms with Gasteiger partial charge in [0, 0.05) is 27.0 Å². The molecular weight excluding hydrogens is 626 g/mol. The van der Waals surface area contributed by atoms with Crippen molar-refractivity contribution in [2.24, 2.45) is 5.10 Å². The van der Waals surface area contributed by atoms with Gasteiger partial charge in [-0.15, -0.1) is 0 Å². The Labute approximate surface area is 271 Å². The molecule has 0 saturated carbocycles. The van der Waals surface area contributed by atoms with E-state index in [2.05, 4.69) is 92.5 Å². The average Bonchev–Trinajstić information content (AvgIpc) is 3.46. The first kappa shape index (κ1) is 29.9. The first-order chi connectivity index (χ1) is 22.0. The number of benzene rings is 5. The molecule has 5 aromatic carbocycles. The lowest BCUT2D eigenvalue weighted by Crippen LogP contribution is -2.17. The van der Waals surface area contributed by atoms with E-state index in [1.807, 2.05) is 61.5 Å². The Bertz CT molecular complexity index is 1980. The predicted molar refractivity (Wildman–Crippen MR) is 185 cm³/mol. The summed E-state index contributed by atoms with van der Waals surface area (Å²) in [6.07, 6.45) is 1.58. The van der Waals surface area contributed by atoms with Gasteiger partial charge in [-0.2, -0.15) is 5.10 Å². The number of hydrogen-bond acceptors (Lipinski definition) is 4. The van der Waals surface area contributed by atoms with Gasteiger partial charge in [0.2, 0.25) is 0 Å². The van der Waals surface area contributed by atoms with E-state index in [1.165, 1.54) is 10.8 Å². The number of aryl methyl sites for hydroxylation is 1. The van der Waals surface area contributed by atoms with Crippen molar-refractivity contribution in [1.29, 1.82) is 0 Å². The van der Waals surface area contributed by atoms with Gasteiger partial charge in [-0.1, -0.05) is 66.7 Å². The Morgan fingerprint density at radius 3 is 2.33 bits per heavy atom. The molecule has 45 heavy (non-hydrogen) atoms. The number of amides is 1. The molecule has 1 aromatic heterocycles. The van der Waals surface area contributed by atoms with Gasteiger partial charge in [-0.05, 0) is 106 Å². The van der Waals surface area contributed by atoms with Crippen LogP contribution >= 0.6 is 15.9 Å². The standard InChI is InChI=1S/C38H32BrN3O3/c1-3-44-36-22-32(34(39)23-37(36)45-25-27-14-15-28-9-7-8-12-31(28)21-27)24-40-41-38(43)30-16-18-33(19-17-30)42-26(2)13-20-35(42)29-10-5-4-6-11-29/h4-24H,3,25H2,1-2H3,(H,41,43)/b40-24+. The van der Waals surface area contributed by atoms with Gasteiger partial charge in [-0.3, -0.25) is 4.79 Å². The van der Waals surface area contributed by atoms with Gasteiger partial charge in [-0.25, -0.2) is 5.43 Å². The Morgan fingerprint density at radius 2 is 1.56 bits per heavy atom. The number of nitrogens with one attached hydrogen (secondary N) is 1. The summed E-state index contributed by atoms with van der Waals surface area (Å²) < 4.78 is 15.0. The van der Waals surface area contributed by atoms with Crippen LogP contribution in [-0.4, -0.2) is 23.3 Å². The number of carbonyl (C=O) groups excluding carboxylic acids is 1. The largest absolute Gasteiger partial charge is 0.490 e. The molecule has 0 bridgehead atoms. The highest BCUT2D eigenvalue weighted by atomic mass is 79.9. The van der Waals surface area contributed by atoms with Crippen molar-refractivity contribution < 1.29 is 14.3 Å². The maximum atomic E-state index is 12.9. The van der Waals surface area contributed by atoms with Gasteiger partial charge in [0.15, 0.2) is 11.5 Å². The maximum Gasteiger partial charge on any atom is 0.271 e. The van der Waals surface area contributed by atoms with Gasteiger partial charge in [0.05, 0.1) is 18.5 Å². The van der Waals surface area contributed by atoms with Crippen molar-refractivity contribution in [3.05, 3.63) is 148 Å². The van der Waals surface area contributed by atoms with Crippen LogP contribution in [0.1, 0.15) is 34.1 Å². The topological polar surface area (TPSA) is 64.8 Å². The highest BCUT2D eigenvalue weighted by molar-refractivity contribution is 9.10. The van der Waals surface area contributed by atoms with E-state index in [0.29, 0.717) is 30.3 Å². The molecule has 0 unspecified atom stereocenters. The molecule has 0 atom stereocenters. The van der Waals surface area contributed by atoms with Crippen LogP contribution in [0, 0.1) is 6.92 Å². The van der Waals surface area contributed by atoms with E-state index in [4.69, 9.17) is 9.47 Å². The van der Waals surface area contributed by atoms with Crippen LogP contribution in [0.15, 0.2) is 131 Å². The summed E-state index contributed by atoms with van der Waals surface area (Å²) in [6.45, 7) is 4.87. The van der Waals surface area contributed by atoms with Crippen LogP contribution in [-0.2, 0) is 6.61 Å². The zero-order valence-corrected chi connectivity index (χ0v) is 26.6. The molecule has 6 nitrogen and oxygen atoms in total. The summed E-state index contributed by atoms with van der Waals surface area (Å²) in [5.41, 5.74) is 9.26. The average molecular weight is 659 g/mol. The minimum atomic E-state index is -0.304. The van der Waals surface area contributed by atoms with Gasteiger partial charge in [0.1, 0.15) is 6.61 Å². The minimum Gasteiger partial charge on any atom is -0.490 e. The first-order valence-corrected chi connectivity index (χ1v) is 15.5. The Hall–Kier alpha value is -5.14. The van der Waals surface area contributed by atoms with E-state index in [0.717, 1.165) is 38.2 Å². The van der Waals surface area contributed by atoms with Crippen LogP contribution in [0.3, 0.4) is 0 Å². The maximum absolute atomic E-state index is 12.9. The van der Waals surface area contributed by atoms with Gasteiger partial charge >= 0.3 is 0 Å². The lowest BCUT2D eigenvalue weighted by atomic mass is 10.1. The molecular formula is C38H32BrN3O3. The molecule has 0 aliphatic heterocycles. The Kier molecular flexibility index (Phi) is 9.08. The van der Waals surface area contributed by atoms with Crippen molar-refractivity contribution in [3.63, 3.8) is 0 Å². The quantitative estimate of drug-likeness (QED) is 0.118. The first-order valence-electron chi connectivity index (χ1n) is 14.7. The predicted octanol–water partition coefficient (Wildman–Crippen LogP) is 9.11. The van der Waals surface area contributed by atoms with Crippen LogP contribution in [0.5, 0.6) is 11.5 Å². The molecule has 7 heteroatoms. The molecule has 0 aliphatic rings. The number of fused-ring (bicyclic) bond motifs is 1. The van der Waals surface area contributed by atoms with E-state index < -0.39 is 0 Å². The smallest absolute Gasteiger partial charge is 0.271 e. The third-order valence-corrected chi connectivity index (χ3v) is 8.16. The molecule has 0 radical (unpaired) electrons. The molecule has 1 heterocycles. The van der Waals surface area contributed by atoms with Gasteiger partial charge < -0.3 is 14.0 Å². The highest BCUT2D eigenvalue weighted by Gasteiger charge is 2.13. The van der Waals surface area contributed by atoms with Crippen molar-refractivity contribution in [1.82, 2.24) is 9.99 Å². The van der Waals surface area contributed by atoms with Crippen LogP contribution in [0.25, 0.3) is 27.7 Å². The number of nitrogens with zero attached hydrogens (tertiary/aromatic N) is 2. The summed E-state index contributed by atoms with van der Waals surface area (Å²) in [4.78, 5) is 12.9. The SMILES string of the molecule is CCOc1cc(/C=N/NC(=O)c2ccc(-n3c(C)ccc3-c3ccccc3)cc2)c(Br)cc1OCc1ccc2ccccc2c1. The van der Waals surface area contributed by atoms with Crippen LogP contribution in [0.2, 0.25) is 0 Å². The van der Waals surface area contributed by atoms with Crippen molar-refractivity contribution >= 4 is 38.8 Å². The molecule has 0 saturated heterocycles. The molecule has 6 aromatic rings. The molecule has 1 amide bonds. The van der Waals surface area contributed by atoms with Crippen molar-refractivity contribution in [2.75, 3.05) is 6.61 Å². The number of rotatable bonds is 10. The number of ether oxygens (including phenoxy) is 2. The molecule has 6 rings (SSSR count). The summed E-state index contributed by atoms with van der Waals surface area (Å²) in [6, 6.07) is 40.2. The second-order valence-corrected chi connectivity index (χ2v) is 11.4. The molecule has 0 fully saturated rings. The van der Waals surface area contributed by atoms with E-state index in [-0.39, 0.29) is 5.91 Å². The third kappa shape index (κ3) is 6.84. The number of hydrogen-bond donors (Lipinski definition) is 1. The second kappa shape index (κ2) is 13.7. The Morgan fingerprint density at radius 1 is 0.822 bits per heavy atom. The lowest BCUT2D eigenvalue weighted by Gasteiger charge is -2.14. The zero-order chi connectivity index (χ0) is 31.2. The van der Waals surface area contributed by atoms with E-state index in [9.17, 15) is 4.79 Å². The summed E-state index contributed by atoms with van der Waals surface area (Å²) in [7, 11) is 0. The summed E-state index contributed by atoms with van der Waals surface area (Å²) >= 11 is 3.62. The second-order valence-electron chi connectivity index (χ2n) is 10.5. The number of hydrazone groups is 1. The minimum absolute atomic E-state index is 0.304. The number of halogens is 1. The van der Waals surface area contributed by atoms with Crippen molar-refractivity contribution in [2.45, 2.75) is 20.5 Å². The molecule has 224 valence electrons. The number of carbonyl (C=O) groups is 1. The van der Waals surface area contributed by atoms with E-state index >= 15 is 0 Å². The summed E-state index contributed by atoms with van der Waals surface area (Å²) in [5, 5.41) is 6.58. The molecule has 0 spiro atoms. The third-order valence-electron chi connectivity index (χ3n) is 7.47. The normalized spacial score (nSPS) is 11.2. The zero-order valence-electron chi connectivity index (χ0n) is 25.0. The molecule has 0 aliphatic carbocycles. The lowest BCUT2D eigenvalue weighted by molar-refractivity contribution is 0.0955. The fourth-order valence-corrected chi connectivity index (χ4v) is 5.65. The molecule has 1 N–H and O–H groups in total.